The van der Waals surface area contributed by atoms with Crippen LogP contribution < -0.4 is 0 Å². The molecule has 0 aromatic rings. The van der Waals surface area contributed by atoms with Gasteiger partial charge in [0, 0.05) is 0 Å². The van der Waals surface area contributed by atoms with Gasteiger partial charge in [-0.15, -0.1) is 0 Å². The Balaban J connectivity index is 1.48. The summed E-state index contributed by atoms with van der Waals surface area (Å²) < 4.78 is 5.02. The first-order chi connectivity index (χ1) is 15.6. The van der Waals surface area contributed by atoms with E-state index in [-0.39, 0.29) is 23.4 Å². The Morgan fingerprint density at radius 1 is 0.909 bits per heavy atom. The van der Waals surface area contributed by atoms with Crippen molar-refractivity contribution in [2.24, 2.45) is 58.2 Å². The van der Waals surface area contributed by atoms with Gasteiger partial charge in [-0.05, 0) is 110 Å². The molecule has 0 bridgehead atoms. The highest BCUT2D eigenvalue weighted by Gasteiger charge is 2.62. The van der Waals surface area contributed by atoms with Crippen molar-refractivity contribution in [1.82, 2.24) is 0 Å². The van der Waals surface area contributed by atoms with Gasteiger partial charge in [-0.25, -0.2) is 0 Å². The monoisotopic (exact) mass is 460 g/mol. The van der Waals surface area contributed by atoms with Crippen molar-refractivity contribution in [3.05, 3.63) is 0 Å². The Morgan fingerprint density at radius 2 is 1.58 bits per heavy atom. The standard InChI is InChI=1S/C30H52O3/c1-19(2)8-7-9-20(3)23-12-13-24-21-10-11-25-22(18-28(32)33-6)27(31)15-17-30(25,5)26(21)14-16-29(23,24)4/h19-27,31H,7-18H2,1-6H3/t20-,21?,22+,23-,24?,25?,26?,27-,29-,30+/m1/s1. The minimum atomic E-state index is -0.338. The molecule has 0 aromatic carbocycles. The second-order valence-electron chi connectivity index (χ2n) is 13.6. The van der Waals surface area contributed by atoms with Gasteiger partial charge >= 0.3 is 5.97 Å². The summed E-state index contributed by atoms with van der Waals surface area (Å²) in [6, 6.07) is 0. The molecule has 4 aliphatic rings. The Morgan fingerprint density at radius 3 is 2.27 bits per heavy atom. The largest absolute Gasteiger partial charge is 0.469 e. The Kier molecular flexibility index (Phi) is 7.60. The van der Waals surface area contributed by atoms with Crippen molar-refractivity contribution >= 4 is 5.97 Å². The number of aliphatic hydroxyl groups is 1. The SMILES string of the molecule is COC(=O)C[C@H]1C2CCC3C(CC[C@@]4(C)C3CC[C@@H]4[C@H](C)CCCC(C)C)[C@@]2(C)CC[C@H]1O. The van der Waals surface area contributed by atoms with Gasteiger partial charge < -0.3 is 9.84 Å². The van der Waals surface area contributed by atoms with Crippen LogP contribution in [0.4, 0.5) is 0 Å². The highest BCUT2D eigenvalue weighted by Crippen LogP contribution is 2.69. The van der Waals surface area contributed by atoms with Crippen LogP contribution in [0.2, 0.25) is 0 Å². The summed E-state index contributed by atoms with van der Waals surface area (Å²) in [6.07, 6.45) is 14.4. The zero-order chi connectivity index (χ0) is 24.0. The number of hydrogen-bond acceptors (Lipinski definition) is 3. The molecule has 0 saturated heterocycles. The van der Waals surface area contributed by atoms with E-state index in [4.69, 9.17) is 4.74 Å². The van der Waals surface area contributed by atoms with Crippen molar-refractivity contribution in [3.63, 3.8) is 0 Å². The Labute approximate surface area is 203 Å². The predicted octanol–water partition coefficient (Wildman–Crippen LogP) is 7.26. The minimum absolute atomic E-state index is 0.0859. The molecule has 4 rings (SSSR count). The number of rotatable bonds is 7. The molecule has 33 heavy (non-hydrogen) atoms. The van der Waals surface area contributed by atoms with Crippen LogP contribution in [0.3, 0.4) is 0 Å². The fourth-order valence-corrected chi connectivity index (χ4v) is 10.1. The zero-order valence-electron chi connectivity index (χ0n) is 22.4. The van der Waals surface area contributed by atoms with Crippen LogP contribution in [0.5, 0.6) is 0 Å². The molecule has 1 N–H and O–H groups in total. The average Bonchev–Trinajstić information content (AvgIpc) is 3.13. The first kappa shape index (κ1) is 25.5. The number of fused-ring (bicyclic) bond motifs is 5. The van der Waals surface area contributed by atoms with E-state index in [9.17, 15) is 9.90 Å². The molecule has 3 heteroatoms. The van der Waals surface area contributed by atoms with Gasteiger partial charge in [0.05, 0.1) is 19.6 Å². The van der Waals surface area contributed by atoms with Gasteiger partial charge in [0.15, 0.2) is 0 Å². The molecule has 3 nitrogen and oxygen atoms in total. The number of hydrogen-bond donors (Lipinski definition) is 1. The maximum atomic E-state index is 12.2. The number of methoxy groups -OCH3 is 1. The fourth-order valence-electron chi connectivity index (χ4n) is 10.1. The summed E-state index contributed by atoms with van der Waals surface area (Å²) in [7, 11) is 1.48. The van der Waals surface area contributed by atoms with E-state index < -0.39 is 0 Å². The van der Waals surface area contributed by atoms with Crippen LogP contribution in [0, 0.1) is 58.2 Å². The lowest BCUT2D eigenvalue weighted by Crippen LogP contribution is -2.57. The van der Waals surface area contributed by atoms with Gasteiger partial charge in [0.2, 0.25) is 0 Å². The quantitative estimate of drug-likeness (QED) is 0.407. The third kappa shape index (κ3) is 4.54. The number of carbonyl (C=O) groups is 1. The van der Waals surface area contributed by atoms with E-state index in [1.165, 1.54) is 64.9 Å². The van der Waals surface area contributed by atoms with Crippen LogP contribution in [-0.2, 0) is 9.53 Å². The van der Waals surface area contributed by atoms with Crippen molar-refractivity contribution in [2.45, 2.75) is 118 Å². The molecule has 4 aliphatic carbocycles. The average molecular weight is 461 g/mol. The van der Waals surface area contributed by atoms with Crippen LogP contribution in [-0.4, -0.2) is 24.3 Å². The molecular weight excluding hydrogens is 408 g/mol. The topological polar surface area (TPSA) is 46.5 Å². The van der Waals surface area contributed by atoms with Crippen LogP contribution in [0.15, 0.2) is 0 Å². The summed E-state index contributed by atoms with van der Waals surface area (Å²) >= 11 is 0. The molecule has 0 heterocycles. The molecular formula is C30H52O3. The van der Waals surface area contributed by atoms with Crippen LogP contribution >= 0.6 is 0 Å². The van der Waals surface area contributed by atoms with Gasteiger partial charge in [0.1, 0.15) is 0 Å². The normalized spacial score (nSPS) is 45.8. The van der Waals surface area contributed by atoms with E-state index in [1.54, 1.807) is 0 Å². The van der Waals surface area contributed by atoms with Gasteiger partial charge in [-0.3, -0.25) is 4.79 Å². The first-order valence-corrected chi connectivity index (χ1v) is 14.4. The predicted molar refractivity (Wildman–Crippen MR) is 135 cm³/mol. The lowest BCUT2D eigenvalue weighted by Gasteiger charge is -2.62. The smallest absolute Gasteiger partial charge is 0.305 e. The molecule has 4 fully saturated rings. The lowest BCUT2D eigenvalue weighted by atomic mass is 9.43. The summed E-state index contributed by atoms with van der Waals surface area (Å²) in [6.45, 7) is 12.5. The maximum Gasteiger partial charge on any atom is 0.305 e. The van der Waals surface area contributed by atoms with Crippen molar-refractivity contribution in [3.8, 4) is 0 Å². The number of ether oxygens (including phenoxy) is 1. The molecule has 0 amide bonds. The third-order valence-electron chi connectivity index (χ3n) is 11.8. The second-order valence-corrected chi connectivity index (χ2v) is 13.6. The molecule has 190 valence electrons. The molecule has 4 unspecified atom stereocenters. The van der Waals surface area contributed by atoms with Crippen molar-refractivity contribution in [2.75, 3.05) is 7.11 Å². The van der Waals surface area contributed by atoms with Crippen molar-refractivity contribution in [1.29, 1.82) is 0 Å². The molecule has 0 radical (unpaired) electrons. The van der Waals surface area contributed by atoms with Crippen molar-refractivity contribution < 1.29 is 14.6 Å². The lowest BCUT2D eigenvalue weighted by molar-refractivity contribution is -0.164. The van der Waals surface area contributed by atoms with E-state index in [0.717, 1.165) is 48.3 Å². The highest BCUT2D eigenvalue weighted by atomic mass is 16.5. The highest BCUT2D eigenvalue weighted by molar-refractivity contribution is 5.69. The minimum Gasteiger partial charge on any atom is -0.469 e. The third-order valence-corrected chi connectivity index (χ3v) is 11.8. The Hall–Kier alpha value is -0.570. The van der Waals surface area contributed by atoms with Gasteiger partial charge in [-0.2, -0.15) is 0 Å². The molecule has 0 spiro atoms. The maximum absolute atomic E-state index is 12.2. The zero-order valence-corrected chi connectivity index (χ0v) is 22.4. The molecule has 10 atom stereocenters. The number of carbonyl (C=O) groups excluding carboxylic acids is 1. The summed E-state index contributed by atoms with van der Waals surface area (Å²) in [5.41, 5.74) is 0.810. The van der Waals surface area contributed by atoms with E-state index in [1.807, 2.05) is 0 Å². The van der Waals surface area contributed by atoms with E-state index >= 15 is 0 Å². The van der Waals surface area contributed by atoms with E-state index in [2.05, 4.69) is 34.6 Å². The van der Waals surface area contributed by atoms with Crippen LogP contribution in [0.1, 0.15) is 112 Å². The molecule has 0 aromatic heterocycles. The summed E-state index contributed by atoms with van der Waals surface area (Å²) in [5.74, 6) is 5.51. The fraction of sp³-hybridized carbons (Fsp3) is 0.967. The van der Waals surface area contributed by atoms with Gasteiger partial charge in [-0.1, -0.05) is 53.9 Å². The summed E-state index contributed by atoms with van der Waals surface area (Å²) in [5, 5.41) is 10.8. The summed E-state index contributed by atoms with van der Waals surface area (Å²) in [4.78, 5) is 12.2. The van der Waals surface area contributed by atoms with Gasteiger partial charge in [0.25, 0.3) is 0 Å². The molecule has 4 saturated carbocycles. The first-order valence-electron chi connectivity index (χ1n) is 14.4. The Bertz CT molecular complexity index is 688. The van der Waals surface area contributed by atoms with Crippen LogP contribution in [0.25, 0.3) is 0 Å². The number of esters is 1. The second kappa shape index (κ2) is 9.82. The molecule has 0 aliphatic heterocycles. The van der Waals surface area contributed by atoms with E-state index in [0.29, 0.717) is 17.8 Å². The number of aliphatic hydroxyl groups excluding tert-OH is 1.